The maximum absolute atomic E-state index is 12.7. The van der Waals surface area contributed by atoms with E-state index in [2.05, 4.69) is 91.3 Å². The lowest BCUT2D eigenvalue weighted by atomic mass is 9.96. The number of benzene rings is 6. The molecule has 0 saturated carbocycles. The van der Waals surface area contributed by atoms with Gasteiger partial charge in [-0.2, -0.15) is 0 Å². The van der Waals surface area contributed by atoms with Crippen molar-refractivity contribution in [1.82, 2.24) is 0 Å². The van der Waals surface area contributed by atoms with Crippen molar-refractivity contribution in [2.24, 2.45) is 0 Å². The van der Waals surface area contributed by atoms with Gasteiger partial charge in [-0.25, -0.2) is 0 Å². The second kappa shape index (κ2) is 11.0. The summed E-state index contributed by atoms with van der Waals surface area (Å²) in [5.74, 6) is 0. The van der Waals surface area contributed by atoms with Crippen LogP contribution in [0.5, 0.6) is 0 Å². The van der Waals surface area contributed by atoms with Crippen LogP contribution in [0.1, 0.15) is 0 Å². The van der Waals surface area contributed by atoms with Gasteiger partial charge in [0, 0.05) is 0 Å². The van der Waals surface area contributed by atoms with Crippen LogP contribution in [-0.2, 0) is 4.79 Å². The molecule has 0 fully saturated rings. The Morgan fingerprint density at radius 2 is 0.590 bits per heavy atom. The number of rotatable bonds is 7. The molecule has 0 aromatic heterocycles. The minimum absolute atomic E-state index is 0.759. The van der Waals surface area contributed by atoms with Gasteiger partial charge in [0.1, 0.15) is 0 Å². The molecule has 185 valence electrons. The summed E-state index contributed by atoms with van der Waals surface area (Å²) in [6.07, 6.45) is 2.23. The van der Waals surface area contributed by atoms with Gasteiger partial charge in [-0.15, -0.1) is 0 Å². The summed E-state index contributed by atoms with van der Waals surface area (Å²) in [5, 5.41) is 0. The maximum atomic E-state index is 12.7. The molecular weight excluding hydrogens is 474 g/mol. The Hall–Kier alpha value is -5.21. The molecule has 0 atom stereocenters. The topological polar surface area (TPSA) is 20.3 Å². The predicted octanol–water partition coefficient (Wildman–Crippen LogP) is 9.56. The van der Waals surface area contributed by atoms with Crippen LogP contribution in [0.25, 0.3) is 44.5 Å². The van der Waals surface area contributed by atoms with E-state index in [1.807, 2.05) is 72.8 Å². The molecule has 0 N–H and O–H groups in total. The normalized spacial score (nSPS) is 10.7. The maximum Gasteiger partial charge on any atom is 0.321 e. The molecule has 0 aliphatic rings. The highest BCUT2D eigenvalue weighted by molar-refractivity contribution is 5.93. The van der Waals surface area contributed by atoms with Gasteiger partial charge in [0.25, 0.3) is 0 Å². The largest absolute Gasteiger partial charge is 0.321 e. The summed E-state index contributed by atoms with van der Waals surface area (Å²) in [5.41, 5.74) is 10.0. The summed E-state index contributed by atoms with van der Waals surface area (Å²) in [6.45, 7) is 0. The molecule has 0 aliphatic heterocycles. The van der Waals surface area contributed by atoms with Crippen LogP contribution in [-0.4, -0.2) is 6.41 Å². The third kappa shape index (κ3) is 5.27. The van der Waals surface area contributed by atoms with Crippen LogP contribution in [0.3, 0.4) is 0 Å². The number of hydrogen-bond donors (Lipinski definition) is 0. The molecule has 0 heterocycles. The second-order valence-electron chi connectivity index (χ2n) is 9.43. The van der Waals surface area contributed by atoms with E-state index in [1.54, 1.807) is 4.90 Å². The number of anilines is 2. The molecule has 1 radical (unpaired) electrons. The lowest BCUT2D eigenvalue weighted by Crippen LogP contribution is -2.14. The van der Waals surface area contributed by atoms with Gasteiger partial charge in [0.15, 0.2) is 0 Å². The fraction of sp³-hybridized carbons (Fsp3) is 0. The van der Waals surface area contributed by atoms with Crippen LogP contribution in [0.4, 0.5) is 11.4 Å². The van der Waals surface area contributed by atoms with Crippen LogP contribution < -0.4 is 4.90 Å². The van der Waals surface area contributed by atoms with E-state index in [1.165, 1.54) is 0 Å². The lowest BCUT2D eigenvalue weighted by molar-refractivity contribution is 0.556. The van der Waals surface area contributed by atoms with Crippen molar-refractivity contribution in [2.75, 3.05) is 4.90 Å². The van der Waals surface area contributed by atoms with Gasteiger partial charge >= 0.3 is 6.41 Å². The average molecular weight is 501 g/mol. The monoisotopic (exact) mass is 500 g/mol. The molecule has 1 amide bonds. The summed E-state index contributed by atoms with van der Waals surface area (Å²) < 4.78 is 0. The molecule has 6 aromatic rings. The molecule has 0 spiro atoms. The van der Waals surface area contributed by atoms with Gasteiger partial charge in [0.2, 0.25) is 0 Å². The molecule has 2 heteroatoms. The van der Waals surface area contributed by atoms with Crippen LogP contribution in [0, 0.1) is 0 Å². The Labute approximate surface area is 229 Å². The van der Waals surface area contributed by atoms with Gasteiger partial charge < -0.3 is 0 Å². The number of nitrogens with zero attached hydrogens (tertiary/aromatic N) is 1. The number of amides is 1. The molecule has 0 aliphatic carbocycles. The van der Waals surface area contributed by atoms with E-state index >= 15 is 0 Å². The van der Waals surface area contributed by atoms with Gasteiger partial charge in [-0.3, -0.25) is 9.69 Å². The fourth-order valence-corrected chi connectivity index (χ4v) is 4.92. The van der Waals surface area contributed by atoms with Crippen LogP contribution in [0.2, 0.25) is 0 Å². The third-order valence-corrected chi connectivity index (χ3v) is 6.87. The molecule has 0 unspecified atom stereocenters. The Kier molecular flexibility index (Phi) is 6.83. The molecule has 39 heavy (non-hydrogen) atoms. The van der Waals surface area contributed by atoms with E-state index in [4.69, 9.17) is 0 Å². The average Bonchev–Trinajstić information content (AvgIpc) is 3.03. The van der Waals surface area contributed by atoms with E-state index in [0.29, 0.717) is 0 Å². The van der Waals surface area contributed by atoms with Crippen molar-refractivity contribution in [3.05, 3.63) is 158 Å². The highest BCUT2D eigenvalue weighted by Crippen LogP contribution is 2.38. The van der Waals surface area contributed by atoms with Crippen LogP contribution in [0.15, 0.2) is 158 Å². The van der Waals surface area contributed by atoms with Crippen LogP contribution >= 0.6 is 0 Å². The minimum Gasteiger partial charge on any atom is -0.273 e. The molecule has 0 saturated heterocycles. The smallest absolute Gasteiger partial charge is 0.273 e. The van der Waals surface area contributed by atoms with Crippen molar-refractivity contribution >= 4 is 17.8 Å². The number of hydrogen-bond acceptors (Lipinski definition) is 1. The zero-order chi connectivity index (χ0) is 26.4. The molecule has 0 bridgehead atoms. The Bertz CT molecular complexity index is 1450. The first-order valence-corrected chi connectivity index (χ1v) is 13.0. The van der Waals surface area contributed by atoms with Crippen molar-refractivity contribution in [1.29, 1.82) is 0 Å². The van der Waals surface area contributed by atoms with E-state index < -0.39 is 0 Å². The highest BCUT2D eigenvalue weighted by atomic mass is 16.1. The standard InChI is InChI=1S/C37H26NO/c39-27-38(36-23-32(28-13-5-1-6-14-28)21-33(24-36)29-15-7-2-8-16-29)37-25-34(30-17-9-3-10-18-30)22-35(26-37)31-19-11-4-12-20-31/h1-26H. The Morgan fingerprint density at radius 1 is 0.333 bits per heavy atom. The number of carbonyl (C=O) groups excluding carboxylic acids is 1. The van der Waals surface area contributed by atoms with E-state index in [9.17, 15) is 4.79 Å². The third-order valence-electron chi connectivity index (χ3n) is 6.87. The van der Waals surface area contributed by atoms with Gasteiger partial charge in [0.05, 0.1) is 11.4 Å². The SMILES string of the molecule is O=[C]N(c1cc(-c2ccccc2)cc(-c2ccccc2)c1)c1cc(-c2ccccc2)cc(-c2ccccc2)c1. The highest BCUT2D eigenvalue weighted by Gasteiger charge is 2.16. The molecule has 6 aromatic carbocycles. The van der Waals surface area contributed by atoms with Gasteiger partial charge in [-0.1, -0.05) is 121 Å². The van der Waals surface area contributed by atoms with Crippen molar-refractivity contribution < 1.29 is 4.79 Å². The Morgan fingerprint density at radius 3 is 0.821 bits per heavy atom. The first-order chi connectivity index (χ1) is 19.3. The molecular formula is C37H26NO. The van der Waals surface area contributed by atoms with Crippen molar-refractivity contribution in [3.63, 3.8) is 0 Å². The van der Waals surface area contributed by atoms with Crippen molar-refractivity contribution in [2.45, 2.75) is 0 Å². The van der Waals surface area contributed by atoms with Crippen molar-refractivity contribution in [3.8, 4) is 44.5 Å². The zero-order valence-electron chi connectivity index (χ0n) is 21.4. The lowest BCUT2D eigenvalue weighted by Gasteiger charge is -2.21. The first kappa shape index (κ1) is 24.1. The fourth-order valence-electron chi connectivity index (χ4n) is 4.92. The Balaban J connectivity index is 1.54. The zero-order valence-corrected chi connectivity index (χ0v) is 21.4. The van der Waals surface area contributed by atoms with E-state index in [0.717, 1.165) is 55.9 Å². The molecule has 6 rings (SSSR count). The second-order valence-corrected chi connectivity index (χ2v) is 9.43. The summed E-state index contributed by atoms with van der Waals surface area (Å²) >= 11 is 0. The summed E-state index contributed by atoms with van der Waals surface area (Å²) in [7, 11) is 0. The van der Waals surface area contributed by atoms with Gasteiger partial charge in [-0.05, 0) is 80.9 Å². The predicted molar refractivity (Wildman–Crippen MR) is 162 cm³/mol. The summed E-state index contributed by atoms with van der Waals surface area (Å²) in [4.78, 5) is 14.3. The molecule has 2 nitrogen and oxygen atoms in total. The first-order valence-electron chi connectivity index (χ1n) is 13.0. The van der Waals surface area contributed by atoms with E-state index in [-0.39, 0.29) is 0 Å². The minimum atomic E-state index is 0.759. The quantitative estimate of drug-likeness (QED) is 0.200. The summed E-state index contributed by atoms with van der Waals surface area (Å²) in [6, 6.07) is 53.6.